The molecule has 0 radical (unpaired) electrons. The number of nitrogens with zero attached hydrogens (tertiary/aromatic N) is 3. The molecule has 0 bridgehead atoms. The van der Waals surface area contributed by atoms with Gasteiger partial charge in [-0.05, 0) is 48.6 Å². The van der Waals surface area contributed by atoms with E-state index in [-0.39, 0.29) is 17.5 Å². The van der Waals surface area contributed by atoms with Gasteiger partial charge in [-0.3, -0.25) is 10.1 Å². The van der Waals surface area contributed by atoms with Crippen LogP contribution in [0.2, 0.25) is 5.02 Å². The summed E-state index contributed by atoms with van der Waals surface area (Å²) < 4.78 is 32.5. The Balaban J connectivity index is 1.51. The number of nitrogens with one attached hydrogen (secondary N) is 1. The lowest BCUT2D eigenvalue weighted by molar-refractivity contribution is -0.119. The van der Waals surface area contributed by atoms with E-state index in [0.29, 0.717) is 23.8 Å². The lowest BCUT2D eigenvalue weighted by Gasteiger charge is -2.22. The number of rotatable bonds is 5. The molecule has 1 aliphatic heterocycles. The van der Waals surface area contributed by atoms with E-state index in [1.807, 2.05) is 17.5 Å². The highest BCUT2D eigenvalue weighted by Crippen LogP contribution is 2.28. The van der Waals surface area contributed by atoms with Crippen LogP contribution in [0.3, 0.4) is 0 Å². The van der Waals surface area contributed by atoms with Crippen molar-refractivity contribution in [1.82, 2.24) is 14.5 Å². The first-order chi connectivity index (χ1) is 13.4. The van der Waals surface area contributed by atoms with Gasteiger partial charge in [0.25, 0.3) is 5.89 Å². The third-order valence-electron chi connectivity index (χ3n) is 4.31. The SMILES string of the molecule is O=C(Nc1nnc(-c2cccs2)o1)C1CCCN1S(=O)(=O)c1ccc(Cl)cc1. The monoisotopic (exact) mass is 438 g/mol. The van der Waals surface area contributed by atoms with Gasteiger partial charge in [0.2, 0.25) is 15.9 Å². The lowest BCUT2D eigenvalue weighted by atomic mass is 10.2. The van der Waals surface area contributed by atoms with Crippen molar-refractivity contribution in [2.45, 2.75) is 23.8 Å². The first-order valence-electron chi connectivity index (χ1n) is 8.41. The number of hydrogen-bond donors (Lipinski definition) is 1. The minimum absolute atomic E-state index is 0.0656. The van der Waals surface area contributed by atoms with Crippen molar-refractivity contribution >= 4 is 44.9 Å². The molecule has 3 heterocycles. The molecule has 1 amide bonds. The van der Waals surface area contributed by atoms with E-state index in [1.54, 1.807) is 0 Å². The molecule has 11 heteroatoms. The van der Waals surface area contributed by atoms with Gasteiger partial charge in [0.05, 0.1) is 9.77 Å². The maximum atomic E-state index is 12.9. The molecule has 1 unspecified atom stereocenters. The first-order valence-corrected chi connectivity index (χ1v) is 11.1. The third kappa shape index (κ3) is 3.68. The molecule has 1 fully saturated rings. The minimum atomic E-state index is -3.82. The van der Waals surface area contributed by atoms with Crippen LogP contribution in [0.25, 0.3) is 10.8 Å². The molecule has 8 nitrogen and oxygen atoms in total. The Morgan fingerprint density at radius 1 is 1.25 bits per heavy atom. The number of benzene rings is 1. The van der Waals surface area contributed by atoms with Gasteiger partial charge < -0.3 is 4.42 Å². The molecule has 28 heavy (non-hydrogen) atoms. The molecular weight excluding hydrogens is 424 g/mol. The van der Waals surface area contributed by atoms with Crippen LogP contribution < -0.4 is 5.32 Å². The summed E-state index contributed by atoms with van der Waals surface area (Å²) in [5, 5.41) is 12.5. The Kier molecular flexibility index (Phi) is 5.19. The van der Waals surface area contributed by atoms with Crippen molar-refractivity contribution in [2.24, 2.45) is 0 Å². The van der Waals surface area contributed by atoms with Gasteiger partial charge in [-0.2, -0.15) is 4.31 Å². The van der Waals surface area contributed by atoms with E-state index in [4.69, 9.17) is 16.0 Å². The van der Waals surface area contributed by atoms with Gasteiger partial charge in [0.1, 0.15) is 6.04 Å². The van der Waals surface area contributed by atoms with Gasteiger partial charge in [-0.1, -0.05) is 22.8 Å². The van der Waals surface area contributed by atoms with E-state index in [9.17, 15) is 13.2 Å². The second-order valence-electron chi connectivity index (χ2n) is 6.11. The molecule has 1 saturated heterocycles. The molecule has 146 valence electrons. The molecule has 1 aromatic carbocycles. The molecule has 2 aromatic heterocycles. The average Bonchev–Trinajstić information content (AvgIpc) is 3.42. The van der Waals surface area contributed by atoms with Crippen LogP contribution in [0, 0.1) is 0 Å². The van der Waals surface area contributed by atoms with Crippen molar-refractivity contribution < 1.29 is 17.6 Å². The van der Waals surface area contributed by atoms with Crippen LogP contribution in [0.5, 0.6) is 0 Å². The summed E-state index contributed by atoms with van der Waals surface area (Å²) in [7, 11) is -3.82. The fourth-order valence-electron chi connectivity index (χ4n) is 2.99. The molecule has 0 saturated carbocycles. The Morgan fingerprint density at radius 2 is 2.04 bits per heavy atom. The standard InChI is InChI=1S/C17H15ClN4O4S2/c18-11-5-7-12(8-6-11)28(24,25)22-9-1-3-13(22)15(23)19-17-21-20-16(26-17)14-4-2-10-27-14/h2,4-8,10,13H,1,3,9H2,(H,19,21,23). The highest BCUT2D eigenvalue weighted by Gasteiger charge is 2.39. The summed E-state index contributed by atoms with van der Waals surface area (Å²) in [4.78, 5) is 13.6. The van der Waals surface area contributed by atoms with Crippen molar-refractivity contribution in [1.29, 1.82) is 0 Å². The Bertz CT molecular complexity index is 1080. The van der Waals surface area contributed by atoms with Crippen molar-refractivity contribution in [2.75, 3.05) is 11.9 Å². The van der Waals surface area contributed by atoms with Crippen LogP contribution in [-0.4, -0.2) is 41.4 Å². The fourth-order valence-corrected chi connectivity index (χ4v) is 5.42. The van der Waals surface area contributed by atoms with Crippen molar-refractivity contribution in [3.05, 3.63) is 46.8 Å². The number of amides is 1. The summed E-state index contributed by atoms with van der Waals surface area (Å²) >= 11 is 7.26. The third-order valence-corrected chi connectivity index (χ3v) is 7.35. The Morgan fingerprint density at radius 3 is 2.75 bits per heavy atom. The smallest absolute Gasteiger partial charge is 0.322 e. The van der Waals surface area contributed by atoms with E-state index in [2.05, 4.69) is 15.5 Å². The van der Waals surface area contributed by atoms with Crippen molar-refractivity contribution in [3.8, 4) is 10.8 Å². The summed E-state index contributed by atoms with van der Waals surface area (Å²) in [5.41, 5.74) is 0. The average molecular weight is 439 g/mol. The zero-order valence-corrected chi connectivity index (χ0v) is 16.8. The van der Waals surface area contributed by atoms with Gasteiger partial charge in [-0.25, -0.2) is 8.42 Å². The molecular formula is C17H15ClN4O4S2. The Labute approximate surface area is 170 Å². The molecule has 1 atom stereocenters. The number of halogens is 1. The summed E-state index contributed by atoms with van der Waals surface area (Å²) in [6, 6.07) is 8.62. The molecule has 1 N–H and O–H groups in total. The van der Waals surface area contributed by atoms with Gasteiger partial charge in [0, 0.05) is 11.6 Å². The number of aromatic nitrogens is 2. The lowest BCUT2D eigenvalue weighted by Crippen LogP contribution is -2.43. The van der Waals surface area contributed by atoms with Crippen LogP contribution in [0.15, 0.2) is 51.1 Å². The number of thiophene rings is 1. The predicted octanol–water partition coefficient (Wildman–Crippen LogP) is 3.24. The molecule has 4 rings (SSSR count). The summed E-state index contributed by atoms with van der Waals surface area (Å²) in [6.07, 6.45) is 0.986. The zero-order chi connectivity index (χ0) is 19.7. The van der Waals surface area contributed by atoms with Crippen LogP contribution in [0.4, 0.5) is 6.01 Å². The summed E-state index contributed by atoms with van der Waals surface area (Å²) in [5.74, 6) is -0.209. The number of carbonyl (C=O) groups excluding carboxylic acids is 1. The van der Waals surface area contributed by atoms with Crippen LogP contribution in [0.1, 0.15) is 12.8 Å². The van der Waals surface area contributed by atoms with Gasteiger partial charge >= 0.3 is 6.01 Å². The van der Waals surface area contributed by atoms with E-state index >= 15 is 0 Å². The molecule has 1 aliphatic rings. The van der Waals surface area contributed by atoms with E-state index in [0.717, 1.165) is 4.88 Å². The predicted molar refractivity (Wildman–Crippen MR) is 105 cm³/mol. The highest BCUT2D eigenvalue weighted by molar-refractivity contribution is 7.89. The topological polar surface area (TPSA) is 105 Å². The van der Waals surface area contributed by atoms with Gasteiger partial charge in [0.15, 0.2) is 0 Å². The molecule has 0 spiro atoms. The number of carbonyl (C=O) groups is 1. The van der Waals surface area contributed by atoms with Gasteiger partial charge in [-0.15, -0.1) is 16.4 Å². The summed E-state index contributed by atoms with van der Waals surface area (Å²) in [6.45, 7) is 0.257. The van der Waals surface area contributed by atoms with Crippen molar-refractivity contribution in [3.63, 3.8) is 0 Å². The quantitative estimate of drug-likeness (QED) is 0.655. The van der Waals surface area contributed by atoms with Crippen LogP contribution >= 0.6 is 22.9 Å². The molecule has 0 aliphatic carbocycles. The second kappa shape index (κ2) is 7.63. The Hall–Kier alpha value is -2.27. The molecule has 3 aromatic rings. The second-order valence-corrected chi connectivity index (χ2v) is 9.38. The number of anilines is 1. The van der Waals surface area contributed by atoms with E-state index in [1.165, 1.54) is 39.9 Å². The highest BCUT2D eigenvalue weighted by atomic mass is 35.5. The maximum absolute atomic E-state index is 12.9. The fraction of sp³-hybridized carbons (Fsp3) is 0.235. The maximum Gasteiger partial charge on any atom is 0.322 e. The van der Waals surface area contributed by atoms with E-state index < -0.39 is 22.0 Å². The minimum Gasteiger partial charge on any atom is -0.402 e. The number of hydrogen-bond acceptors (Lipinski definition) is 7. The normalized spacial score (nSPS) is 17.7. The first kappa shape index (κ1) is 19.1. The van der Waals surface area contributed by atoms with Crippen LogP contribution in [-0.2, 0) is 14.8 Å². The zero-order valence-electron chi connectivity index (χ0n) is 14.4. The number of sulfonamides is 1. The largest absolute Gasteiger partial charge is 0.402 e.